The maximum absolute atomic E-state index is 2.19. The molecule has 2 aromatic rings. The Morgan fingerprint density at radius 2 is 1.29 bits per heavy atom. The van der Waals surface area contributed by atoms with Gasteiger partial charge in [0.1, 0.15) is 0 Å². The van der Waals surface area contributed by atoms with Crippen molar-refractivity contribution in [2.24, 2.45) is 0 Å². The summed E-state index contributed by atoms with van der Waals surface area (Å²) >= 11 is 0. The Hall–Kier alpha value is -1.56. The molecule has 0 aliphatic rings. The standard InChI is InChI=1S/C15H16.C2H6/c1-11-7-9-14(10-8-11)15-6-4-5-12(2)13(15)3;1-2/h4-10H,1-3H3;1-2H3. The van der Waals surface area contributed by atoms with Gasteiger partial charge < -0.3 is 0 Å². The maximum Gasteiger partial charge on any atom is -0.0152 e. The van der Waals surface area contributed by atoms with Crippen LogP contribution in [0.3, 0.4) is 0 Å². The van der Waals surface area contributed by atoms with Crippen molar-refractivity contribution >= 4 is 0 Å². The predicted molar refractivity (Wildman–Crippen MR) is 77.4 cm³/mol. The number of hydrogen-bond acceptors (Lipinski definition) is 0. The molecule has 0 fully saturated rings. The van der Waals surface area contributed by atoms with Gasteiger partial charge in [-0.3, -0.25) is 0 Å². The third-order valence-electron chi connectivity index (χ3n) is 2.97. The first-order valence-corrected chi connectivity index (χ1v) is 6.32. The van der Waals surface area contributed by atoms with E-state index in [2.05, 4.69) is 63.2 Å². The van der Waals surface area contributed by atoms with Gasteiger partial charge in [-0.05, 0) is 43.0 Å². The molecule has 0 spiro atoms. The van der Waals surface area contributed by atoms with Crippen molar-refractivity contribution < 1.29 is 0 Å². The van der Waals surface area contributed by atoms with Crippen LogP contribution in [0.4, 0.5) is 0 Å². The molecule has 0 heterocycles. The van der Waals surface area contributed by atoms with Gasteiger partial charge in [0, 0.05) is 0 Å². The monoisotopic (exact) mass is 226 g/mol. The van der Waals surface area contributed by atoms with Crippen molar-refractivity contribution in [2.45, 2.75) is 34.6 Å². The second-order valence-corrected chi connectivity index (χ2v) is 4.11. The first-order valence-electron chi connectivity index (χ1n) is 6.32. The Balaban J connectivity index is 0.000000686. The summed E-state index contributed by atoms with van der Waals surface area (Å²) in [6.45, 7) is 10.5. The number of aryl methyl sites for hydroxylation is 2. The molecule has 0 aliphatic heterocycles. The fraction of sp³-hybridized carbons (Fsp3) is 0.294. The fourth-order valence-corrected chi connectivity index (χ4v) is 1.80. The average Bonchev–Trinajstić information content (AvgIpc) is 2.37. The number of hydrogen-bond donors (Lipinski definition) is 0. The van der Waals surface area contributed by atoms with E-state index in [4.69, 9.17) is 0 Å². The molecule has 90 valence electrons. The van der Waals surface area contributed by atoms with Gasteiger partial charge in [0.2, 0.25) is 0 Å². The van der Waals surface area contributed by atoms with Crippen LogP contribution in [0.2, 0.25) is 0 Å². The largest absolute Gasteiger partial charge is 0.0683 e. The van der Waals surface area contributed by atoms with Crippen LogP contribution in [0.5, 0.6) is 0 Å². The molecular formula is C17H22. The van der Waals surface area contributed by atoms with Crippen LogP contribution in [0, 0.1) is 20.8 Å². The SMILES string of the molecule is CC.Cc1ccc(-c2cccc(C)c2C)cc1. The van der Waals surface area contributed by atoms with Gasteiger partial charge in [-0.15, -0.1) is 0 Å². The lowest BCUT2D eigenvalue weighted by molar-refractivity contribution is 1.34. The minimum Gasteiger partial charge on any atom is -0.0683 e. The molecule has 0 radical (unpaired) electrons. The molecule has 0 bridgehead atoms. The molecule has 0 heteroatoms. The second kappa shape index (κ2) is 6.24. The van der Waals surface area contributed by atoms with Crippen molar-refractivity contribution in [2.75, 3.05) is 0 Å². The average molecular weight is 226 g/mol. The molecule has 0 saturated heterocycles. The van der Waals surface area contributed by atoms with Crippen LogP contribution in [-0.4, -0.2) is 0 Å². The maximum atomic E-state index is 2.19. The van der Waals surface area contributed by atoms with Gasteiger partial charge in [-0.1, -0.05) is 61.9 Å². The molecule has 0 N–H and O–H groups in total. The molecule has 17 heavy (non-hydrogen) atoms. The Labute approximate surface area is 105 Å². The van der Waals surface area contributed by atoms with Gasteiger partial charge in [0.25, 0.3) is 0 Å². The van der Waals surface area contributed by atoms with Crippen molar-refractivity contribution in [3.8, 4) is 11.1 Å². The van der Waals surface area contributed by atoms with E-state index in [1.807, 2.05) is 13.8 Å². The molecule has 0 aliphatic carbocycles. The molecule has 2 rings (SSSR count). The normalized spacial score (nSPS) is 9.47. The van der Waals surface area contributed by atoms with Crippen LogP contribution in [-0.2, 0) is 0 Å². The molecule has 0 aromatic heterocycles. The van der Waals surface area contributed by atoms with Crippen LogP contribution < -0.4 is 0 Å². The predicted octanol–water partition coefficient (Wildman–Crippen LogP) is 5.31. The lowest BCUT2D eigenvalue weighted by atomic mass is 9.97. The molecule has 0 saturated carbocycles. The molecule has 2 aromatic carbocycles. The topological polar surface area (TPSA) is 0 Å². The summed E-state index contributed by atoms with van der Waals surface area (Å²) in [5.74, 6) is 0. The van der Waals surface area contributed by atoms with Gasteiger partial charge in [-0.2, -0.15) is 0 Å². The summed E-state index contributed by atoms with van der Waals surface area (Å²) in [7, 11) is 0. The Morgan fingerprint density at radius 3 is 1.88 bits per heavy atom. The highest BCUT2D eigenvalue weighted by Gasteiger charge is 2.02. The van der Waals surface area contributed by atoms with Gasteiger partial charge in [0.15, 0.2) is 0 Å². The molecule has 0 nitrogen and oxygen atoms in total. The van der Waals surface area contributed by atoms with Gasteiger partial charge in [-0.25, -0.2) is 0 Å². The third kappa shape index (κ3) is 3.20. The van der Waals surface area contributed by atoms with Crippen molar-refractivity contribution in [1.29, 1.82) is 0 Å². The van der Waals surface area contributed by atoms with Crippen LogP contribution in [0.1, 0.15) is 30.5 Å². The summed E-state index contributed by atoms with van der Waals surface area (Å²) in [5, 5.41) is 0. The smallest absolute Gasteiger partial charge is 0.0152 e. The Morgan fingerprint density at radius 1 is 0.706 bits per heavy atom. The van der Waals surface area contributed by atoms with Crippen LogP contribution >= 0.6 is 0 Å². The summed E-state index contributed by atoms with van der Waals surface area (Å²) in [6.07, 6.45) is 0. The number of benzene rings is 2. The van der Waals surface area contributed by atoms with E-state index in [1.165, 1.54) is 27.8 Å². The Bertz CT molecular complexity index is 464. The first kappa shape index (κ1) is 13.5. The summed E-state index contributed by atoms with van der Waals surface area (Å²) in [4.78, 5) is 0. The Kier molecular flexibility index (Phi) is 4.96. The first-order chi connectivity index (χ1) is 8.18. The zero-order chi connectivity index (χ0) is 12.8. The summed E-state index contributed by atoms with van der Waals surface area (Å²) < 4.78 is 0. The summed E-state index contributed by atoms with van der Waals surface area (Å²) in [5.41, 5.74) is 6.69. The van der Waals surface area contributed by atoms with Crippen LogP contribution in [0.25, 0.3) is 11.1 Å². The van der Waals surface area contributed by atoms with E-state index in [1.54, 1.807) is 0 Å². The highest BCUT2D eigenvalue weighted by atomic mass is 14.1. The summed E-state index contributed by atoms with van der Waals surface area (Å²) in [6, 6.07) is 15.2. The van der Waals surface area contributed by atoms with Crippen LogP contribution in [0.15, 0.2) is 42.5 Å². The lowest BCUT2D eigenvalue weighted by Crippen LogP contribution is -1.86. The molecule has 0 amide bonds. The van der Waals surface area contributed by atoms with E-state index in [0.717, 1.165) is 0 Å². The zero-order valence-electron chi connectivity index (χ0n) is 11.5. The molecule has 0 unspecified atom stereocenters. The minimum absolute atomic E-state index is 1.31. The van der Waals surface area contributed by atoms with E-state index in [9.17, 15) is 0 Å². The van der Waals surface area contributed by atoms with Crippen molar-refractivity contribution in [3.63, 3.8) is 0 Å². The lowest BCUT2D eigenvalue weighted by Gasteiger charge is -2.08. The van der Waals surface area contributed by atoms with E-state index < -0.39 is 0 Å². The second-order valence-electron chi connectivity index (χ2n) is 4.11. The number of rotatable bonds is 1. The van der Waals surface area contributed by atoms with Crippen molar-refractivity contribution in [1.82, 2.24) is 0 Å². The quantitative estimate of drug-likeness (QED) is 0.618. The third-order valence-corrected chi connectivity index (χ3v) is 2.97. The zero-order valence-corrected chi connectivity index (χ0v) is 11.5. The van der Waals surface area contributed by atoms with E-state index in [-0.39, 0.29) is 0 Å². The fourth-order valence-electron chi connectivity index (χ4n) is 1.80. The highest BCUT2D eigenvalue weighted by molar-refractivity contribution is 5.68. The van der Waals surface area contributed by atoms with Gasteiger partial charge >= 0.3 is 0 Å². The minimum atomic E-state index is 1.31. The van der Waals surface area contributed by atoms with E-state index in [0.29, 0.717) is 0 Å². The highest BCUT2D eigenvalue weighted by Crippen LogP contribution is 2.25. The molecular weight excluding hydrogens is 204 g/mol. The molecule has 0 atom stereocenters. The van der Waals surface area contributed by atoms with E-state index >= 15 is 0 Å². The van der Waals surface area contributed by atoms with Gasteiger partial charge in [0.05, 0.1) is 0 Å². The van der Waals surface area contributed by atoms with Crippen molar-refractivity contribution in [3.05, 3.63) is 59.2 Å².